The highest BCUT2D eigenvalue weighted by atomic mass is 16.5. The number of nitrogens with one attached hydrogen (secondary N) is 1. The molecule has 2 heterocycles. The van der Waals surface area contributed by atoms with Crippen LogP contribution in [0.4, 0.5) is 5.82 Å². The Kier molecular flexibility index (Phi) is 3.57. The highest BCUT2D eigenvalue weighted by Gasteiger charge is 2.09. The first kappa shape index (κ1) is 12.1. The van der Waals surface area contributed by atoms with Gasteiger partial charge in [-0.3, -0.25) is 4.79 Å². The number of hydrogen-bond donors (Lipinski definition) is 1. The van der Waals surface area contributed by atoms with Crippen LogP contribution in [0, 0.1) is 0 Å². The van der Waals surface area contributed by atoms with Gasteiger partial charge in [0.2, 0.25) is 0 Å². The number of carbonyl (C=O) groups excluding carboxylic acids is 1. The van der Waals surface area contributed by atoms with Crippen LogP contribution in [0.1, 0.15) is 0 Å². The molecule has 94 valence electrons. The van der Waals surface area contributed by atoms with Crippen molar-refractivity contribution in [2.75, 3.05) is 25.6 Å². The summed E-state index contributed by atoms with van der Waals surface area (Å²) in [6.07, 6.45) is 3.68. The molecule has 0 aliphatic heterocycles. The van der Waals surface area contributed by atoms with Crippen LogP contribution in [-0.4, -0.2) is 41.9 Å². The van der Waals surface area contributed by atoms with E-state index in [1.807, 2.05) is 30.6 Å². The first-order chi connectivity index (χ1) is 8.70. The van der Waals surface area contributed by atoms with Gasteiger partial charge in [0.1, 0.15) is 6.54 Å². The number of carbonyl (C=O) groups is 1. The monoisotopic (exact) mass is 246 g/mol. The fourth-order valence-electron chi connectivity index (χ4n) is 1.51. The van der Waals surface area contributed by atoms with Gasteiger partial charge in [0, 0.05) is 25.0 Å². The van der Waals surface area contributed by atoms with E-state index in [9.17, 15) is 4.79 Å². The molecule has 18 heavy (non-hydrogen) atoms. The van der Waals surface area contributed by atoms with Gasteiger partial charge in [-0.15, -0.1) is 10.2 Å². The Bertz CT molecular complexity index is 507. The van der Waals surface area contributed by atoms with Gasteiger partial charge in [0.05, 0.1) is 12.8 Å². The van der Waals surface area contributed by atoms with E-state index in [1.165, 1.54) is 7.11 Å². The summed E-state index contributed by atoms with van der Waals surface area (Å²) in [5, 5.41) is 8.19. The zero-order valence-corrected chi connectivity index (χ0v) is 10.3. The lowest BCUT2D eigenvalue weighted by molar-refractivity contribution is -0.138. The van der Waals surface area contributed by atoms with Crippen molar-refractivity contribution in [2.24, 2.45) is 0 Å². The number of nitrogens with zero attached hydrogens (tertiary/aromatic N) is 3. The van der Waals surface area contributed by atoms with Gasteiger partial charge in [-0.05, 0) is 18.2 Å². The second-order valence-corrected chi connectivity index (χ2v) is 3.81. The summed E-state index contributed by atoms with van der Waals surface area (Å²) in [5.74, 6) is 0.314. The van der Waals surface area contributed by atoms with E-state index in [1.54, 1.807) is 11.9 Å². The fraction of sp³-hybridized carbons (Fsp3) is 0.250. The minimum absolute atomic E-state index is 0.148. The molecule has 0 bridgehead atoms. The van der Waals surface area contributed by atoms with Crippen molar-refractivity contribution in [2.45, 2.75) is 0 Å². The Morgan fingerprint density at radius 3 is 2.78 bits per heavy atom. The van der Waals surface area contributed by atoms with Crippen LogP contribution in [0.25, 0.3) is 11.3 Å². The molecule has 0 spiro atoms. The predicted octanol–water partition coefficient (Wildman–Crippen LogP) is 1.08. The van der Waals surface area contributed by atoms with Crippen molar-refractivity contribution < 1.29 is 9.53 Å². The number of esters is 1. The van der Waals surface area contributed by atoms with Crippen molar-refractivity contribution in [1.82, 2.24) is 15.2 Å². The zero-order chi connectivity index (χ0) is 13.0. The van der Waals surface area contributed by atoms with Crippen LogP contribution in [-0.2, 0) is 9.53 Å². The van der Waals surface area contributed by atoms with Gasteiger partial charge in [0.15, 0.2) is 5.82 Å². The first-order valence-corrected chi connectivity index (χ1v) is 5.45. The predicted molar refractivity (Wildman–Crippen MR) is 67.1 cm³/mol. The van der Waals surface area contributed by atoms with E-state index in [0.29, 0.717) is 5.82 Å². The van der Waals surface area contributed by atoms with Crippen LogP contribution in [0.15, 0.2) is 30.6 Å². The topological polar surface area (TPSA) is 71.1 Å². The molecule has 0 aromatic carbocycles. The third kappa shape index (κ3) is 2.65. The summed E-state index contributed by atoms with van der Waals surface area (Å²) in [6.45, 7) is 0.148. The van der Waals surface area contributed by atoms with Gasteiger partial charge >= 0.3 is 5.97 Å². The van der Waals surface area contributed by atoms with Crippen LogP contribution in [0.3, 0.4) is 0 Å². The van der Waals surface area contributed by atoms with E-state index in [4.69, 9.17) is 0 Å². The molecule has 0 amide bonds. The number of methoxy groups -OCH3 is 1. The maximum atomic E-state index is 11.1. The van der Waals surface area contributed by atoms with Gasteiger partial charge < -0.3 is 14.6 Å². The third-order valence-electron chi connectivity index (χ3n) is 2.53. The number of H-pyrrole nitrogens is 1. The Balaban J connectivity index is 2.10. The second-order valence-electron chi connectivity index (χ2n) is 3.81. The van der Waals surface area contributed by atoms with E-state index in [0.717, 1.165) is 11.3 Å². The van der Waals surface area contributed by atoms with E-state index < -0.39 is 0 Å². The van der Waals surface area contributed by atoms with E-state index in [-0.39, 0.29) is 12.5 Å². The van der Waals surface area contributed by atoms with Crippen LogP contribution in [0.2, 0.25) is 0 Å². The summed E-state index contributed by atoms with van der Waals surface area (Å²) in [7, 11) is 3.12. The van der Waals surface area contributed by atoms with Gasteiger partial charge in [0.25, 0.3) is 0 Å². The molecule has 2 aromatic rings. The van der Waals surface area contributed by atoms with Gasteiger partial charge in [-0.1, -0.05) is 0 Å². The molecular formula is C12H14N4O2. The van der Waals surface area contributed by atoms with Crippen molar-refractivity contribution in [3.63, 3.8) is 0 Å². The number of anilines is 1. The number of aromatic amines is 1. The molecule has 0 aliphatic rings. The van der Waals surface area contributed by atoms with E-state index in [2.05, 4.69) is 19.9 Å². The lowest BCUT2D eigenvalue weighted by atomic mass is 10.2. The van der Waals surface area contributed by atoms with E-state index >= 15 is 0 Å². The molecule has 0 aliphatic carbocycles. The number of ether oxygens (including phenoxy) is 1. The molecule has 0 radical (unpaired) electrons. The number of hydrogen-bond acceptors (Lipinski definition) is 5. The van der Waals surface area contributed by atoms with Crippen LogP contribution in [0.5, 0.6) is 0 Å². The van der Waals surface area contributed by atoms with Crippen molar-refractivity contribution >= 4 is 11.8 Å². The molecule has 0 atom stereocenters. The Morgan fingerprint density at radius 2 is 2.22 bits per heavy atom. The normalized spacial score (nSPS) is 10.1. The Labute approximate surface area is 105 Å². The maximum absolute atomic E-state index is 11.1. The molecule has 2 aromatic heterocycles. The maximum Gasteiger partial charge on any atom is 0.325 e. The number of likely N-dealkylation sites (N-methyl/N-ethyl adjacent to an activating group) is 1. The van der Waals surface area contributed by atoms with Crippen molar-refractivity contribution in [3.8, 4) is 11.3 Å². The SMILES string of the molecule is COC(=O)CN(C)c1ccc(-c2cc[nH]c2)nn1. The third-order valence-corrected chi connectivity index (χ3v) is 2.53. The Hall–Kier alpha value is -2.37. The molecule has 0 saturated heterocycles. The molecular weight excluding hydrogens is 232 g/mol. The molecule has 6 heteroatoms. The lowest BCUT2D eigenvalue weighted by Crippen LogP contribution is -2.27. The van der Waals surface area contributed by atoms with Gasteiger partial charge in [-0.2, -0.15) is 0 Å². The first-order valence-electron chi connectivity index (χ1n) is 5.45. The summed E-state index contributed by atoms with van der Waals surface area (Å²) >= 11 is 0. The lowest BCUT2D eigenvalue weighted by Gasteiger charge is -2.15. The van der Waals surface area contributed by atoms with Crippen molar-refractivity contribution in [1.29, 1.82) is 0 Å². The minimum atomic E-state index is -0.311. The quantitative estimate of drug-likeness (QED) is 0.817. The van der Waals surface area contributed by atoms with Crippen LogP contribution < -0.4 is 4.90 Å². The highest BCUT2D eigenvalue weighted by molar-refractivity contribution is 5.75. The molecule has 2 rings (SSSR count). The number of aromatic nitrogens is 3. The average molecular weight is 246 g/mol. The second kappa shape index (κ2) is 5.31. The molecule has 0 saturated carbocycles. The summed E-state index contributed by atoms with van der Waals surface area (Å²) in [5.41, 5.74) is 1.76. The summed E-state index contributed by atoms with van der Waals surface area (Å²) in [4.78, 5) is 15.8. The van der Waals surface area contributed by atoms with Gasteiger partial charge in [-0.25, -0.2) is 0 Å². The Morgan fingerprint density at radius 1 is 1.39 bits per heavy atom. The smallest absolute Gasteiger partial charge is 0.325 e. The highest BCUT2D eigenvalue weighted by Crippen LogP contribution is 2.16. The standard InChI is InChI=1S/C12H14N4O2/c1-16(8-12(17)18-2)11-4-3-10(14-15-11)9-5-6-13-7-9/h3-7,13H,8H2,1-2H3. The van der Waals surface area contributed by atoms with Crippen molar-refractivity contribution in [3.05, 3.63) is 30.6 Å². The number of rotatable bonds is 4. The molecule has 0 fully saturated rings. The van der Waals surface area contributed by atoms with Crippen LogP contribution >= 0.6 is 0 Å². The average Bonchev–Trinajstić information content (AvgIpc) is 2.92. The molecule has 1 N–H and O–H groups in total. The summed E-state index contributed by atoms with van der Waals surface area (Å²) < 4.78 is 4.59. The molecule has 6 nitrogen and oxygen atoms in total. The fourth-order valence-corrected chi connectivity index (χ4v) is 1.51. The minimum Gasteiger partial charge on any atom is -0.468 e. The summed E-state index contributed by atoms with van der Waals surface area (Å²) in [6, 6.07) is 5.60. The largest absolute Gasteiger partial charge is 0.468 e. The zero-order valence-electron chi connectivity index (χ0n) is 10.3. The molecule has 0 unspecified atom stereocenters.